The number of nitrogens with two attached hydrogens (primary N) is 1. The zero-order valence-electron chi connectivity index (χ0n) is 16.1. The molecular weight excluding hydrogens is 347 g/mol. The normalized spacial score (nSPS) is 11.5. The number of halogens is 1. The third-order valence-corrected chi connectivity index (χ3v) is 4.08. The van der Waals surface area contributed by atoms with Crippen LogP contribution in [-0.4, -0.2) is 14.5 Å². The molecule has 3 aromatic rings. The predicted octanol–water partition coefficient (Wildman–Crippen LogP) is 6.25. The fraction of sp³-hybridized carbons (Fsp3) is 0.400. The van der Waals surface area contributed by atoms with Gasteiger partial charge in [0.1, 0.15) is 17.7 Å². The Hall–Kier alpha value is -2.08. The van der Waals surface area contributed by atoms with Crippen LogP contribution < -0.4 is 5.73 Å². The molecule has 0 aliphatic carbocycles. The molecule has 0 spiro atoms. The second kappa shape index (κ2) is 8.08. The standard InChI is InChI=1S/C17H19FN4S.C3H8/c1-5-10-6-7-11-12(8-10)20-15(19)13-14(11)22(9-17(2,3)4)16(21-13)23-18;1-3-2/h5-8H,1,9H2,2-4H3,(H2,19,20);3H2,1-2H3. The summed E-state index contributed by atoms with van der Waals surface area (Å²) < 4.78 is 15.3. The topological polar surface area (TPSA) is 56.7 Å². The number of rotatable bonds is 3. The van der Waals surface area contributed by atoms with Gasteiger partial charge >= 0.3 is 0 Å². The summed E-state index contributed by atoms with van der Waals surface area (Å²) in [6.45, 7) is 15.0. The number of aromatic nitrogens is 3. The maximum atomic E-state index is 13.4. The van der Waals surface area contributed by atoms with E-state index in [2.05, 4.69) is 51.2 Å². The Balaban J connectivity index is 0.000000758. The highest BCUT2D eigenvalue weighted by molar-refractivity contribution is 7.94. The van der Waals surface area contributed by atoms with Crippen molar-refractivity contribution >= 4 is 46.0 Å². The van der Waals surface area contributed by atoms with Gasteiger partial charge in [-0.1, -0.05) is 65.8 Å². The van der Waals surface area contributed by atoms with Crippen molar-refractivity contribution in [2.45, 2.75) is 52.7 Å². The number of pyridine rings is 1. The van der Waals surface area contributed by atoms with Gasteiger partial charge in [0.25, 0.3) is 0 Å². The van der Waals surface area contributed by atoms with E-state index < -0.39 is 0 Å². The lowest BCUT2D eigenvalue weighted by Gasteiger charge is -2.20. The lowest BCUT2D eigenvalue weighted by atomic mass is 9.97. The minimum atomic E-state index is -0.0243. The molecule has 140 valence electrons. The highest BCUT2D eigenvalue weighted by Gasteiger charge is 2.22. The molecule has 2 N–H and O–H groups in total. The predicted molar refractivity (Wildman–Crippen MR) is 112 cm³/mol. The van der Waals surface area contributed by atoms with Crippen LogP contribution in [0.25, 0.3) is 28.0 Å². The van der Waals surface area contributed by atoms with Crippen molar-refractivity contribution in [3.63, 3.8) is 0 Å². The molecule has 0 fully saturated rings. The van der Waals surface area contributed by atoms with Gasteiger partial charge in [-0.25, -0.2) is 9.97 Å². The molecule has 0 saturated carbocycles. The molecule has 2 heterocycles. The fourth-order valence-corrected chi connectivity index (χ4v) is 3.08. The first kappa shape index (κ1) is 20.2. The summed E-state index contributed by atoms with van der Waals surface area (Å²) >= 11 is 0.139. The molecule has 4 nitrogen and oxygen atoms in total. The molecule has 26 heavy (non-hydrogen) atoms. The summed E-state index contributed by atoms with van der Waals surface area (Å²) in [4.78, 5) is 8.77. The Morgan fingerprint density at radius 2 is 1.92 bits per heavy atom. The molecule has 0 saturated heterocycles. The Kier molecular flexibility index (Phi) is 6.29. The molecule has 3 rings (SSSR count). The molecule has 0 radical (unpaired) electrons. The number of anilines is 1. The van der Waals surface area contributed by atoms with E-state index in [-0.39, 0.29) is 17.6 Å². The van der Waals surface area contributed by atoms with E-state index in [0.717, 1.165) is 22.0 Å². The average molecular weight is 375 g/mol. The maximum absolute atomic E-state index is 13.4. The van der Waals surface area contributed by atoms with Crippen molar-refractivity contribution in [2.24, 2.45) is 5.41 Å². The van der Waals surface area contributed by atoms with E-state index in [9.17, 15) is 3.89 Å². The van der Waals surface area contributed by atoms with Crippen LogP contribution in [0.5, 0.6) is 0 Å². The fourth-order valence-electron chi connectivity index (χ4n) is 2.72. The molecule has 2 aromatic heterocycles. The van der Waals surface area contributed by atoms with Crippen LogP contribution in [0, 0.1) is 5.41 Å². The Labute approximate surface area is 159 Å². The third-order valence-electron chi connectivity index (χ3n) is 3.63. The summed E-state index contributed by atoms with van der Waals surface area (Å²) in [5, 5.41) is 1.22. The Morgan fingerprint density at radius 3 is 2.46 bits per heavy atom. The summed E-state index contributed by atoms with van der Waals surface area (Å²) in [7, 11) is 0. The number of benzene rings is 1. The number of nitrogen functional groups attached to an aromatic ring is 1. The number of nitrogens with zero attached hydrogens (tertiary/aromatic N) is 3. The van der Waals surface area contributed by atoms with Gasteiger partial charge in [-0.15, -0.1) is 0 Å². The van der Waals surface area contributed by atoms with E-state index in [1.54, 1.807) is 6.08 Å². The largest absolute Gasteiger partial charge is 0.382 e. The van der Waals surface area contributed by atoms with Crippen molar-refractivity contribution in [2.75, 3.05) is 5.73 Å². The average Bonchev–Trinajstić information content (AvgIpc) is 2.92. The van der Waals surface area contributed by atoms with E-state index in [0.29, 0.717) is 23.0 Å². The Morgan fingerprint density at radius 1 is 1.27 bits per heavy atom. The van der Waals surface area contributed by atoms with Crippen LogP contribution in [0.4, 0.5) is 9.70 Å². The lowest BCUT2D eigenvalue weighted by Crippen LogP contribution is -2.16. The second-order valence-electron chi connectivity index (χ2n) is 7.50. The highest BCUT2D eigenvalue weighted by atomic mass is 32.2. The van der Waals surface area contributed by atoms with Crippen molar-refractivity contribution in [1.82, 2.24) is 14.5 Å². The van der Waals surface area contributed by atoms with Crippen LogP contribution in [0.1, 0.15) is 46.6 Å². The number of imidazole rings is 1. The first-order chi connectivity index (χ1) is 12.3. The minimum absolute atomic E-state index is 0.0243. The second-order valence-corrected chi connectivity index (χ2v) is 8.02. The van der Waals surface area contributed by atoms with Gasteiger partial charge in [0.2, 0.25) is 5.16 Å². The summed E-state index contributed by atoms with van der Waals surface area (Å²) in [5.74, 6) is 0.316. The van der Waals surface area contributed by atoms with Crippen LogP contribution in [0.15, 0.2) is 29.9 Å². The van der Waals surface area contributed by atoms with Gasteiger partial charge in [-0.2, -0.15) is 3.89 Å². The Bertz CT molecular complexity index is 925. The first-order valence-electron chi connectivity index (χ1n) is 8.76. The summed E-state index contributed by atoms with van der Waals surface area (Å²) in [6, 6.07) is 5.85. The zero-order chi connectivity index (χ0) is 19.5. The molecule has 0 unspecified atom stereocenters. The quantitative estimate of drug-likeness (QED) is 0.589. The number of hydrogen-bond donors (Lipinski definition) is 1. The van der Waals surface area contributed by atoms with Crippen molar-refractivity contribution in [3.8, 4) is 0 Å². The van der Waals surface area contributed by atoms with Gasteiger partial charge in [0.05, 0.1) is 11.0 Å². The van der Waals surface area contributed by atoms with Gasteiger partial charge in [-0.05, 0) is 17.0 Å². The molecule has 0 bridgehead atoms. The molecule has 0 amide bonds. The minimum Gasteiger partial charge on any atom is -0.382 e. The summed E-state index contributed by atoms with van der Waals surface area (Å²) in [5.41, 5.74) is 9.15. The SMILES string of the molecule is C=Cc1ccc2c(c1)nc(N)c1nc(SF)n(CC(C)(C)C)c12.CCC. The van der Waals surface area contributed by atoms with Crippen LogP contribution in [0.3, 0.4) is 0 Å². The molecule has 6 heteroatoms. The van der Waals surface area contributed by atoms with E-state index in [1.165, 1.54) is 6.42 Å². The van der Waals surface area contributed by atoms with Crippen LogP contribution in [-0.2, 0) is 6.54 Å². The van der Waals surface area contributed by atoms with E-state index >= 15 is 0 Å². The molecule has 0 atom stereocenters. The molecule has 0 aliphatic heterocycles. The molecule has 1 aromatic carbocycles. The van der Waals surface area contributed by atoms with Crippen molar-refractivity contribution < 1.29 is 3.89 Å². The van der Waals surface area contributed by atoms with E-state index in [4.69, 9.17) is 5.73 Å². The monoisotopic (exact) mass is 374 g/mol. The van der Waals surface area contributed by atoms with Gasteiger partial charge in [0, 0.05) is 11.9 Å². The van der Waals surface area contributed by atoms with Gasteiger partial charge < -0.3 is 10.3 Å². The first-order valence-corrected chi connectivity index (χ1v) is 9.47. The molecule has 0 aliphatic rings. The lowest BCUT2D eigenvalue weighted by molar-refractivity contribution is 0.336. The number of fused-ring (bicyclic) bond motifs is 3. The van der Waals surface area contributed by atoms with Crippen molar-refractivity contribution in [1.29, 1.82) is 0 Å². The number of hydrogen-bond acceptors (Lipinski definition) is 4. The van der Waals surface area contributed by atoms with Crippen molar-refractivity contribution in [3.05, 3.63) is 30.3 Å². The zero-order valence-corrected chi connectivity index (χ0v) is 17.0. The molecular formula is C20H27FN4S. The maximum Gasteiger partial charge on any atom is 0.202 e. The highest BCUT2D eigenvalue weighted by Crippen LogP contribution is 2.34. The smallest absolute Gasteiger partial charge is 0.202 e. The van der Waals surface area contributed by atoms with Gasteiger partial charge in [-0.3, -0.25) is 0 Å². The van der Waals surface area contributed by atoms with E-state index in [1.807, 2.05) is 22.8 Å². The van der Waals surface area contributed by atoms with Crippen LogP contribution in [0.2, 0.25) is 0 Å². The summed E-state index contributed by atoms with van der Waals surface area (Å²) in [6.07, 6.45) is 3.01. The third kappa shape index (κ3) is 4.18. The van der Waals surface area contributed by atoms with Gasteiger partial charge in [0.15, 0.2) is 5.82 Å². The van der Waals surface area contributed by atoms with Crippen LogP contribution >= 0.6 is 12.1 Å².